The van der Waals surface area contributed by atoms with E-state index in [9.17, 15) is 14.0 Å². The molecule has 28 heavy (non-hydrogen) atoms. The Labute approximate surface area is 168 Å². The SMILES string of the molecule is CCC(C)C(=O)OC(N)C(C)C.CCCCc1ccc(C(=O)OC(C)F)cc1. The monoisotopic (exact) mass is 397 g/mol. The number of benzene rings is 1. The van der Waals surface area contributed by atoms with E-state index in [0.717, 1.165) is 25.7 Å². The molecule has 0 radical (unpaired) electrons. The summed E-state index contributed by atoms with van der Waals surface area (Å²) < 4.78 is 21.9. The number of hydrogen-bond acceptors (Lipinski definition) is 5. The van der Waals surface area contributed by atoms with Crippen LogP contribution >= 0.6 is 0 Å². The summed E-state index contributed by atoms with van der Waals surface area (Å²) in [6.07, 6.45) is 2.04. The molecule has 2 N–H and O–H groups in total. The van der Waals surface area contributed by atoms with Crippen LogP contribution in [0.3, 0.4) is 0 Å². The first-order valence-corrected chi connectivity index (χ1v) is 10.0. The molecule has 0 bridgehead atoms. The van der Waals surface area contributed by atoms with Gasteiger partial charge in [-0.05, 0) is 37.0 Å². The Balaban J connectivity index is 0.000000546. The van der Waals surface area contributed by atoms with Gasteiger partial charge in [-0.1, -0.05) is 53.2 Å². The number of aryl methyl sites for hydroxylation is 1. The fourth-order valence-electron chi connectivity index (χ4n) is 1.96. The minimum Gasteiger partial charge on any atom is -0.446 e. The standard InChI is InChI=1S/C13H17FO2.C9H19NO2/c1-3-4-5-11-6-8-12(9-7-11)13(15)16-10(2)14;1-5-7(4)9(11)12-8(10)6(2)3/h6-10H,3-5H2,1-2H3;6-8H,5,10H2,1-4H3. The van der Waals surface area contributed by atoms with Gasteiger partial charge >= 0.3 is 11.9 Å². The summed E-state index contributed by atoms with van der Waals surface area (Å²) in [7, 11) is 0. The second-order valence-corrected chi connectivity index (χ2v) is 7.20. The molecular weight excluding hydrogens is 361 g/mol. The van der Waals surface area contributed by atoms with Gasteiger partial charge in [0.05, 0.1) is 11.5 Å². The molecule has 6 heteroatoms. The van der Waals surface area contributed by atoms with Crippen molar-refractivity contribution < 1.29 is 23.5 Å². The van der Waals surface area contributed by atoms with E-state index in [1.165, 1.54) is 12.5 Å². The van der Waals surface area contributed by atoms with Crippen molar-refractivity contribution in [2.24, 2.45) is 17.6 Å². The molecule has 1 aromatic rings. The Kier molecular flexibility index (Phi) is 13.1. The van der Waals surface area contributed by atoms with Crippen molar-refractivity contribution in [2.75, 3.05) is 0 Å². The van der Waals surface area contributed by atoms with E-state index < -0.39 is 18.6 Å². The number of unbranched alkanes of at least 4 members (excludes halogenated alkanes) is 1. The first kappa shape index (κ1) is 26.1. The van der Waals surface area contributed by atoms with E-state index >= 15 is 0 Å². The average molecular weight is 398 g/mol. The summed E-state index contributed by atoms with van der Waals surface area (Å²) in [5.74, 6) is -0.677. The number of halogens is 1. The van der Waals surface area contributed by atoms with Gasteiger partial charge in [-0.3, -0.25) is 10.5 Å². The Morgan fingerprint density at radius 3 is 2.04 bits per heavy atom. The molecule has 0 aliphatic heterocycles. The number of alkyl halides is 1. The predicted molar refractivity (Wildman–Crippen MR) is 109 cm³/mol. The van der Waals surface area contributed by atoms with Crippen molar-refractivity contribution in [1.29, 1.82) is 0 Å². The summed E-state index contributed by atoms with van der Waals surface area (Å²) in [4.78, 5) is 22.5. The van der Waals surface area contributed by atoms with Gasteiger partial charge in [-0.15, -0.1) is 0 Å². The quantitative estimate of drug-likeness (QED) is 0.468. The summed E-state index contributed by atoms with van der Waals surface area (Å²) in [5.41, 5.74) is 7.15. The lowest BCUT2D eigenvalue weighted by atomic mass is 10.1. The van der Waals surface area contributed by atoms with E-state index in [4.69, 9.17) is 10.5 Å². The van der Waals surface area contributed by atoms with Crippen molar-refractivity contribution >= 4 is 11.9 Å². The van der Waals surface area contributed by atoms with E-state index in [2.05, 4.69) is 11.7 Å². The fourth-order valence-corrected chi connectivity index (χ4v) is 1.96. The average Bonchev–Trinajstić information content (AvgIpc) is 2.65. The largest absolute Gasteiger partial charge is 0.446 e. The third kappa shape index (κ3) is 11.0. The van der Waals surface area contributed by atoms with Gasteiger partial charge in [0.15, 0.2) is 6.23 Å². The molecule has 1 aromatic carbocycles. The Morgan fingerprint density at radius 2 is 1.61 bits per heavy atom. The third-order valence-electron chi connectivity index (χ3n) is 4.20. The highest BCUT2D eigenvalue weighted by atomic mass is 19.1. The lowest BCUT2D eigenvalue weighted by Crippen LogP contribution is -2.34. The zero-order chi connectivity index (χ0) is 21.7. The smallest absolute Gasteiger partial charge is 0.340 e. The Bertz CT molecular complexity index is 572. The van der Waals surface area contributed by atoms with Crippen molar-refractivity contribution in [2.45, 2.75) is 79.8 Å². The molecule has 0 heterocycles. The van der Waals surface area contributed by atoms with Gasteiger partial charge in [0.1, 0.15) is 0 Å². The van der Waals surface area contributed by atoms with Gasteiger partial charge in [0.2, 0.25) is 6.36 Å². The molecule has 0 aromatic heterocycles. The summed E-state index contributed by atoms with van der Waals surface area (Å²) in [6.45, 7) is 11.0. The highest BCUT2D eigenvalue weighted by Gasteiger charge is 2.17. The maximum absolute atomic E-state index is 12.4. The lowest BCUT2D eigenvalue weighted by Gasteiger charge is -2.18. The van der Waals surface area contributed by atoms with E-state index in [1.54, 1.807) is 12.1 Å². The van der Waals surface area contributed by atoms with Crippen LogP contribution in [0.15, 0.2) is 24.3 Å². The zero-order valence-corrected chi connectivity index (χ0v) is 18.0. The molecule has 0 saturated carbocycles. The number of nitrogens with two attached hydrogens (primary N) is 1. The van der Waals surface area contributed by atoms with Crippen LogP contribution in [-0.4, -0.2) is 24.5 Å². The molecule has 0 spiro atoms. The molecule has 0 aliphatic rings. The first-order valence-electron chi connectivity index (χ1n) is 10.0. The maximum atomic E-state index is 12.4. The molecular formula is C22H36FNO4. The number of carbonyl (C=O) groups is 2. The predicted octanol–water partition coefficient (Wildman–Crippen LogP) is 5.02. The minimum atomic E-state index is -1.56. The molecule has 0 saturated heterocycles. The van der Waals surface area contributed by atoms with Crippen molar-refractivity contribution in [3.05, 3.63) is 35.4 Å². The Hall–Kier alpha value is -1.95. The second kappa shape index (κ2) is 14.1. The third-order valence-corrected chi connectivity index (χ3v) is 4.20. The number of rotatable bonds is 9. The van der Waals surface area contributed by atoms with Gasteiger partial charge < -0.3 is 9.47 Å². The van der Waals surface area contributed by atoms with Gasteiger partial charge in [0.25, 0.3) is 0 Å². The van der Waals surface area contributed by atoms with Crippen molar-refractivity contribution in [3.63, 3.8) is 0 Å². The van der Waals surface area contributed by atoms with Crippen LogP contribution in [0.4, 0.5) is 4.39 Å². The van der Waals surface area contributed by atoms with Gasteiger partial charge in [-0.2, -0.15) is 0 Å². The normalized spacial score (nSPS) is 13.8. The second-order valence-electron chi connectivity index (χ2n) is 7.20. The van der Waals surface area contributed by atoms with Crippen LogP contribution in [-0.2, 0) is 20.7 Å². The molecule has 1 rings (SSSR count). The van der Waals surface area contributed by atoms with Gasteiger partial charge in [-0.25, -0.2) is 9.18 Å². The summed E-state index contributed by atoms with van der Waals surface area (Å²) in [6, 6.07) is 7.12. The number of esters is 2. The van der Waals surface area contributed by atoms with E-state index in [-0.39, 0.29) is 17.8 Å². The summed E-state index contributed by atoms with van der Waals surface area (Å²) >= 11 is 0. The van der Waals surface area contributed by atoms with Crippen LogP contribution < -0.4 is 5.73 Å². The van der Waals surface area contributed by atoms with Crippen LogP contribution in [0, 0.1) is 11.8 Å². The number of carbonyl (C=O) groups excluding carboxylic acids is 2. The topological polar surface area (TPSA) is 78.6 Å². The number of ether oxygens (including phenoxy) is 2. The maximum Gasteiger partial charge on any atom is 0.340 e. The van der Waals surface area contributed by atoms with Gasteiger partial charge in [0, 0.05) is 12.8 Å². The van der Waals surface area contributed by atoms with Crippen molar-refractivity contribution in [1.82, 2.24) is 0 Å². The number of hydrogen-bond donors (Lipinski definition) is 1. The molecule has 160 valence electrons. The highest BCUT2D eigenvalue weighted by molar-refractivity contribution is 5.89. The first-order chi connectivity index (χ1) is 13.1. The molecule has 5 nitrogen and oxygen atoms in total. The van der Waals surface area contributed by atoms with E-state index in [1.807, 2.05) is 39.8 Å². The summed E-state index contributed by atoms with van der Waals surface area (Å²) in [5, 5.41) is 0. The van der Waals surface area contributed by atoms with Crippen LogP contribution in [0.2, 0.25) is 0 Å². The minimum absolute atomic E-state index is 0.0465. The molecule has 0 fully saturated rings. The molecule has 3 atom stereocenters. The highest BCUT2D eigenvalue weighted by Crippen LogP contribution is 2.10. The Morgan fingerprint density at radius 1 is 1.04 bits per heavy atom. The van der Waals surface area contributed by atoms with Crippen molar-refractivity contribution in [3.8, 4) is 0 Å². The lowest BCUT2D eigenvalue weighted by molar-refractivity contribution is -0.155. The molecule has 3 unspecified atom stereocenters. The zero-order valence-electron chi connectivity index (χ0n) is 18.0. The fraction of sp³-hybridized carbons (Fsp3) is 0.636. The van der Waals surface area contributed by atoms with E-state index in [0.29, 0.717) is 5.56 Å². The van der Waals surface area contributed by atoms with Crippen LogP contribution in [0.25, 0.3) is 0 Å². The molecule has 0 amide bonds. The molecule has 0 aliphatic carbocycles. The van der Waals surface area contributed by atoms with Crippen LogP contribution in [0.1, 0.15) is 76.7 Å². The van der Waals surface area contributed by atoms with Crippen LogP contribution in [0.5, 0.6) is 0 Å².